The Hall–Kier alpha value is -0.880. The van der Waals surface area contributed by atoms with Crippen molar-refractivity contribution in [2.75, 3.05) is 0 Å². The Bertz CT molecular complexity index is 494. The summed E-state index contributed by atoms with van der Waals surface area (Å²) in [4.78, 5) is 24.1. The normalized spacial score (nSPS) is 17.1. The van der Waals surface area contributed by atoms with E-state index in [9.17, 15) is 9.59 Å². The van der Waals surface area contributed by atoms with Crippen LogP contribution in [0.1, 0.15) is 43.4 Å². The predicted octanol–water partition coefficient (Wildman–Crippen LogP) is 3.55. The highest BCUT2D eigenvalue weighted by Crippen LogP contribution is 2.44. The molecule has 1 saturated carbocycles. The minimum atomic E-state index is -0.804. The Morgan fingerprint density at radius 2 is 2.05 bits per heavy atom. The van der Waals surface area contributed by atoms with Crippen LogP contribution >= 0.6 is 27.3 Å². The molecule has 0 aliphatic heterocycles. The molecule has 0 aromatic carbocycles. The summed E-state index contributed by atoms with van der Waals surface area (Å²) >= 11 is 4.97. The number of rotatable bonds is 6. The Morgan fingerprint density at radius 1 is 1.35 bits per heavy atom. The first kappa shape index (κ1) is 15.5. The second-order valence-corrected chi connectivity index (χ2v) is 7.37. The molecule has 1 amide bonds. The Morgan fingerprint density at radius 3 is 2.60 bits per heavy atom. The van der Waals surface area contributed by atoms with E-state index in [-0.39, 0.29) is 17.7 Å². The van der Waals surface area contributed by atoms with Gasteiger partial charge in [0.05, 0.1) is 13.0 Å². The van der Waals surface area contributed by atoms with Gasteiger partial charge in [-0.25, -0.2) is 0 Å². The van der Waals surface area contributed by atoms with Gasteiger partial charge in [-0.15, -0.1) is 11.3 Å². The molecule has 4 nitrogen and oxygen atoms in total. The van der Waals surface area contributed by atoms with Crippen LogP contribution in [0.2, 0.25) is 0 Å². The van der Waals surface area contributed by atoms with E-state index in [0.717, 1.165) is 35.0 Å². The molecule has 1 aliphatic carbocycles. The van der Waals surface area contributed by atoms with E-state index in [1.165, 1.54) is 0 Å². The molecule has 1 aromatic rings. The van der Waals surface area contributed by atoms with Crippen LogP contribution in [0.4, 0.5) is 0 Å². The summed E-state index contributed by atoms with van der Waals surface area (Å²) in [5, 5.41) is 13.9. The summed E-state index contributed by atoms with van der Waals surface area (Å²) in [6.07, 6.45) is 4.17. The van der Waals surface area contributed by atoms with Crippen LogP contribution in [0.3, 0.4) is 0 Å². The first-order valence-electron chi connectivity index (χ1n) is 6.71. The standard InChI is InChI=1S/C14H18BrNO3S/c15-10-5-11(20-9-10)8-16-12(17)6-14(7-13(18)19)3-1-2-4-14/h5,9H,1-4,6-8H2,(H,16,17)(H,18,19). The van der Waals surface area contributed by atoms with Crippen molar-refractivity contribution in [1.29, 1.82) is 0 Å². The monoisotopic (exact) mass is 359 g/mol. The zero-order valence-electron chi connectivity index (χ0n) is 11.2. The minimum absolute atomic E-state index is 0.0438. The first-order valence-corrected chi connectivity index (χ1v) is 8.38. The number of carbonyl (C=O) groups is 2. The number of nitrogens with one attached hydrogen (secondary N) is 1. The molecule has 0 atom stereocenters. The SMILES string of the molecule is O=C(O)CC1(CC(=O)NCc2cc(Br)cs2)CCCC1. The van der Waals surface area contributed by atoms with E-state index >= 15 is 0 Å². The lowest BCUT2D eigenvalue weighted by atomic mass is 9.79. The molecule has 1 fully saturated rings. The number of aliphatic carboxylic acids is 1. The van der Waals surface area contributed by atoms with Crippen molar-refractivity contribution in [3.63, 3.8) is 0 Å². The number of amides is 1. The molecule has 1 aromatic heterocycles. The fourth-order valence-electron chi connectivity index (χ4n) is 2.90. The summed E-state index contributed by atoms with van der Waals surface area (Å²) < 4.78 is 1.02. The van der Waals surface area contributed by atoms with Gasteiger partial charge in [-0.2, -0.15) is 0 Å². The molecule has 2 N–H and O–H groups in total. The first-order chi connectivity index (χ1) is 9.49. The van der Waals surface area contributed by atoms with Gasteiger partial charge in [0.2, 0.25) is 5.91 Å². The molecular weight excluding hydrogens is 342 g/mol. The molecule has 0 saturated heterocycles. The van der Waals surface area contributed by atoms with Gasteiger partial charge in [0.25, 0.3) is 0 Å². The van der Waals surface area contributed by atoms with E-state index in [1.54, 1.807) is 11.3 Å². The van der Waals surface area contributed by atoms with Crippen LogP contribution in [0.25, 0.3) is 0 Å². The smallest absolute Gasteiger partial charge is 0.303 e. The molecule has 0 unspecified atom stereocenters. The van der Waals surface area contributed by atoms with Gasteiger partial charge < -0.3 is 10.4 Å². The Kier molecular flexibility index (Phi) is 5.21. The quantitative estimate of drug-likeness (QED) is 0.815. The molecule has 110 valence electrons. The van der Waals surface area contributed by atoms with Crippen LogP contribution < -0.4 is 5.32 Å². The van der Waals surface area contributed by atoms with Crippen LogP contribution in [0.5, 0.6) is 0 Å². The topological polar surface area (TPSA) is 66.4 Å². The highest BCUT2D eigenvalue weighted by Gasteiger charge is 2.37. The largest absolute Gasteiger partial charge is 0.481 e. The van der Waals surface area contributed by atoms with Crippen LogP contribution in [-0.4, -0.2) is 17.0 Å². The highest BCUT2D eigenvalue weighted by atomic mass is 79.9. The summed E-state index contributed by atoms with van der Waals surface area (Å²) in [5.41, 5.74) is -0.327. The van der Waals surface area contributed by atoms with Gasteiger partial charge >= 0.3 is 5.97 Å². The lowest BCUT2D eigenvalue weighted by Gasteiger charge is -2.26. The summed E-state index contributed by atoms with van der Waals surface area (Å²) in [6.45, 7) is 0.512. The molecule has 1 aliphatic rings. The van der Waals surface area contributed by atoms with Gasteiger partial charge in [-0.3, -0.25) is 9.59 Å². The summed E-state index contributed by atoms with van der Waals surface area (Å²) in [5.74, 6) is -0.848. The molecular formula is C14H18BrNO3S. The van der Waals surface area contributed by atoms with Gasteiger partial charge in [-0.05, 0) is 40.3 Å². The second kappa shape index (κ2) is 6.72. The van der Waals surface area contributed by atoms with Crippen LogP contribution in [0, 0.1) is 5.41 Å². The van der Waals surface area contributed by atoms with E-state index in [4.69, 9.17) is 5.11 Å². The van der Waals surface area contributed by atoms with Crippen molar-refractivity contribution in [1.82, 2.24) is 5.32 Å². The average Bonchev–Trinajstić information content (AvgIpc) is 2.95. The molecule has 0 radical (unpaired) electrons. The number of hydrogen-bond acceptors (Lipinski definition) is 3. The summed E-state index contributed by atoms with van der Waals surface area (Å²) in [7, 11) is 0. The number of hydrogen-bond donors (Lipinski definition) is 2. The highest BCUT2D eigenvalue weighted by molar-refractivity contribution is 9.10. The molecule has 2 rings (SSSR count). The predicted molar refractivity (Wildman–Crippen MR) is 81.6 cm³/mol. The lowest BCUT2D eigenvalue weighted by Crippen LogP contribution is -2.31. The minimum Gasteiger partial charge on any atom is -0.481 e. The van der Waals surface area contributed by atoms with Gasteiger partial charge in [-0.1, -0.05) is 12.8 Å². The number of carboxylic acids is 1. The number of halogens is 1. The van der Waals surface area contributed by atoms with Crippen LogP contribution in [-0.2, 0) is 16.1 Å². The lowest BCUT2D eigenvalue weighted by molar-refractivity contribution is -0.140. The van der Waals surface area contributed by atoms with Gasteiger partial charge in [0.15, 0.2) is 0 Å². The van der Waals surface area contributed by atoms with E-state index in [0.29, 0.717) is 13.0 Å². The maximum Gasteiger partial charge on any atom is 0.303 e. The molecule has 6 heteroatoms. The van der Waals surface area contributed by atoms with Crippen molar-refractivity contribution >= 4 is 39.1 Å². The number of thiophene rings is 1. The fourth-order valence-corrected chi connectivity index (χ4v) is 4.29. The third kappa shape index (κ3) is 4.31. The van der Waals surface area contributed by atoms with Crippen LogP contribution in [0.15, 0.2) is 15.9 Å². The zero-order chi connectivity index (χ0) is 14.6. The third-order valence-corrected chi connectivity index (χ3v) is 5.51. The van der Waals surface area contributed by atoms with Crippen molar-refractivity contribution in [3.8, 4) is 0 Å². The molecule has 0 bridgehead atoms. The third-order valence-electron chi connectivity index (χ3n) is 3.81. The van der Waals surface area contributed by atoms with Crippen molar-refractivity contribution < 1.29 is 14.7 Å². The van der Waals surface area contributed by atoms with E-state index in [1.807, 2.05) is 11.4 Å². The maximum atomic E-state index is 12.1. The fraction of sp³-hybridized carbons (Fsp3) is 0.571. The molecule has 20 heavy (non-hydrogen) atoms. The van der Waals surface area contributed by atoms with E-state index in [2.05, 4.69) is 21.2 Å². The second-order valence-electron chi connectivity index (χ2n) is 5.46. The van der Waals surface area contributed by atoms with Gasteiger partial charge in [0.1, 0.15) is 0 Å². The molecule has 1 heterocycles. The number of carbonyl (C=O) groups excluding carboxylic acids is 1. The Balaban J connectivity index is 1.87. The maximum absolute atomic E-state index is 12.1. The zero-order valence-corrected chi connectivity index (χ0v) is 13.6. The molecule has 0 spiro atoms. The van der Waals surface area contributed by atoms with E-state index < -0.39 is 5.97 Å². The number of carboxylic acid groups (broad SMARTS) is 1. The van der Waals surface area contributed by atoms with Gasteiger partial charge in [0, 0.05) is 21.2 Å². The Labute approximate surface area is 130 Å². The van der Waals surface area contributed by atoms with Crippen molar-refractivity contribution in [3.05, 3.63) is 20.8 Å². The summed E-state index contributed by atoms with van der Waals surface area (Å²) in [6, 6.07) is 1.98. The van der Waals surface area contributed by atoms with Crippen molar-refractivity contribution in [2.45, 2.75) is 45.1 Å². The average molecular weight is 360 g/mol. The van der Waals surface area contributed by atoms with Crippen molar-refractivity contribution in [2.24, 2.45) is 5.41 Å².